The van der Waals surface area contributed by atoms with Gasteiger partial charge in [-0.1, -0.05) is 13.8 Å². The molecule has 0 fully saturated rings. The highest BCUT2D eigenvalue weighted by Gasteiger charge is 2.10. The van der Waals surface area contributed by atoms with Crippen LogP contribution in [0, 0.1) is 0 Å². The summed E-state index contributed by atoms with van der Waals surface area (Å²) >= 11 is 0. The van der Waals surface area contributed by atoms with E-state index in [9.17, 15) is 4.79 Å². The Kier molecular flexibility index (Phi) is 2.69. The van der Waals surface area contributed by atoms with Crippen molar-refractivity contribution in [3.05, 3.63) is 40.2 Å². The number of ether oxygens (including phenoxy) is 1. The molecule has 84 valence electrons. The lowest BCUT2D eigenvalue weighted by molar-refractivity contribution is 0.414. The molecule has 0 N–H and O–H groups in total. The summed E-state index contributed by atoms with van der Waals surface area (Å²) in [7, 11) is 1.59. The first-order chi connectivity index (χ1) is 7.63. The van der Waals surface area contributed by atoms with Crippen LogP contribution in [-0.2, 0) is 0 Å². The molecule has 1 heterocycles. The molecule has 0 aliphatic rings. The van der Waals surface area contributed by atoms with Crippen molar-refractivity contribution in [2.45, 2.75) is 19.8 Å². The molecule has 2 aromatic rings. The van der Waals surface area contributed by atoms with Gasteiger partial charge in [0.15, 0.2) is 5.43 Å². The van der Waals surface area contributed by atoms with E-state index >= 15 is 0 Å². The minimum atomic E-state index is 0.0407. The van der Waals surface area contributed by atoms with E-state index in [4.69, 9.17) is 9.15 Å². The van der Waals surface area contributed by atoms with E-state index in [1.54, 1.807) is 25.3 Å². The van der Waals surface area contributed by atoms with Gasteiger partial charge in [0.1, 0.15) is 11.3 Å². The first-order valence-corrected chi connectivity index (χ1v) is 5.23. The van der Waals surface area contributed by atoms with Crippen LogP contribution in [0.15, 0.2) is 33.7 Å². The maximum atomic E-state index is 12.1. The SMILES string of the molecule is COc1ccc2c(=O)c(C(C)C)coc2c1. The van der Waals surface area contributed by atoms with Crippen molar-refractivity contribution in [2.75, 3.05) is 7.11 Å². The third kappa shape index (κ3) is 1.69. The zero-order valence-corrected chi connectivity index (χ0v) is 9.61. The van der Waals surface area contributed by atoms with Crippen LogP contribution in [0.5, 0.6) is 5.75 Å². The van der Waals surface area contributed by atoms with Gasteiger partial charge in [-0.3, -0.25) is 4.79 Å². The van der Waals surface area contributed by atoms with Gasteiger partial charge in [0.05, 0.1) is 18.8 Å². The molecule has 1 aromatic carbocycles. The van der Waals surface area contributed by atoms with Gasteiger partial charge in [0.25, 0.3) is 0 Å². The molecule has 0 amide bonds. The molecule has 2 rings (SSSR count). The molecule has 0 saturated carbocycles. The summed E-state index contributed by atoms with van der Waals surface area (Å²) in [6.45, 7) is 3.95. The van der Waals surface area contributed by atoms with Crippen molar-refractivity contribution in [1.82, 2.24) is 0 Å². The standard InChI is InChI=1S/C13H14O3/c1-8(2)11-7-16-12-6-9(15-3)4-5-10(12)13(11)14/h4-8H,1-3H3. The van der Waals surface area contributed by atoms with Gasteiger partial charge < -0.3 is 9.15 Å². The Morgan fingerprint density at radius 1 is 1.31 bits per heavy atom. The highest BCUT2D eigenvalue weighted by Crippen LogP contribution is 2.20. The Morgan fingerprint density at radius 3 is 2.69 bits per heavy atom. The normalized spacial score (nSPS) is 11.0. The molecule has 0 spiro atoms. The number of fused-ring (bicyclic) bond motifs is 1. The number of benzene rings is 1. The van der Waals surface area contributed by atoms with E-state index in [1.165, 1.54) is 6.26 Å². The van der Waals surface area contributed by atoms with Crippen LogP contribution in [0.1, 0.15) is 25.3 Å². The average Bonchev–Trinajstić information content (AvgIpc) is 2.28. The highest BCUT2D eigenvalue weighted by atomic mass is 16.5. The fourth-order valence-corrected chi connectivity index (χ4v) is 1.65. The molecule has 16 heavy (non-hydrogen) atoms. The highest BCUT2D eigenvalue weighted by molar-refractivity contribution is 5.78. The lowest BCUT2D eigenvalue weighted by Crippen LogP contribution is -2.09. The molecule has 0 aliphatic carbocycles. The Bertz CT molecular complexity index is 567. The van der Waals surface area contributed by atoms with Gasteiger partial charge in [-0.05, 0) is 18.1 Å². The minimum Gasteiger partial charge on any atom is -0.497 e. The van der Waals surface area contributed by atoms with Gasteiger partial charge in [-0.25, -0.2) is 0 Å². The van der Waals surface area contributed by atoms with Crippen LogP contribution in [0.3, 0.4) is 0 Å². The summed E-state index contributed by atoms with van der Waals surface area (Å²) < 4.78 is 10.5. The molecule has 0 atom stereocenters. The second-order valence-corrected chi connectivity index (χ2v) is 4.04. The van der Waals surface area contributed by atoms with Crippen molar-refractivity contribution < 1.29 is 9.15 Å². The van der Waals surface area contributed by atoms with Gasteiger partial charge >= 0.3 is 0 Å². The molecule has 1 aromatic heterocycles. The van der Waals surface area contributed by atoms with Crippen molar-refractivity contribution in [3.8, 4) is 5.75 Å². The van der Waals surface area contributed by atoms with E-state index < -0.39 is 0 Å². The van der Waals surface area contributed by atoms with Crippen LogP contribution in [0.2, 0.25) is 0 Å². The third-order valence-corrected chi connectivity index (χ3v) is 2.63. The maximum absolute atomic E-state index is 12.1. The summed E-state index contributed by atoms with van der Waals surface area (Å²) in [6.07, 6.45) is 1.54. The summed E-state index contributed by atoms with van der Waals surface area (Å²) in [5.74, 6) is 0.857. The third-order valence-electron chi connectivity index (χ3n) is 2.63. The fourth-order valence-electron chi connectivity index (χ4n) is 1.65. The van der Waals surface area contributed by atoms with Crippen molar-refractivity contribution in [1.29, 1.82) is 0 Å². The van der Waals surface area contributed by atoms with E-state index in [0.717, 1.165) is 0 Å². The summed E-state index contributed by atoms with van der Waals surface area (Å²) in [6, 6.07) is 5.23. The Balaban J connectivity index is 2.72. The molecule has 3 heteroatoms. The Morgan fingerprint density at radius 2 is 2.06 bits per heavy atom. The smallest absolute Gasteiger partial charge is 0.196 e. The predicted molar refractivity (Wildman–Crippen MR) is 63.1 cm³/mol. The second-order valence-electron chi connectivity index (χ2n) is 4.04. The first kappa shape index (κ1) is 10.7. The van der Waals surface area contributed by atoms with Crippen LogP contribution >= 0.6 is 0 Å². The van der Waals surface area contributed by atoms with E-state index in [-0.39, 0.29) is 11.3 Å². The lowest BCUT2D eigenvalue weighted by Gasteiger charge is -2.06. The van der Waals surface area contributed by atoms with Crippen LogP contribution in [0.4, 0.5) is 0 Å². The van der Waals surface area contributed by atoms with E-state index in [2.05, 4.69) is 0 Å². The van der Waals surface area contributed by atoms with Crippen molar-refractivity contribution in [3.63, 3.8) is 0 Å². The molecular weight excluding hydrogens is 204 g/mol. The first-order valence-electron chi connectivity index (χ1n) is 5.23. The molecule has 0 saturated heterocycles. The average molecular weight is 218 g/mol. The molecule has 0 radical (unpaired) electrons. The Hall–Kier alpha value is -1.77. The topological polar surface area (TPSA) is 39.4 Å². The van der Waals surface area contributed by atoms with Crippen LogP contribution in [0.25, 0.3) is 11.0 Å². The maximum Gasteiger partial charge on any atom is 0.196 e. The van der Waals surface area contributed by atoms with Crippen molar-refractivity contribution >= 4 is 11.0 Å². The van der Waals surface area contributed by atoms with Crippen molar-refractivity contribution in [2.24, 2.45) is 0 Å². The van der Waals surface area contributed by atoms with Gasteiger partial charge in [0, 0.05) is 11.6 Å². The predicted octanol–water partition coefficient (Wildman–Crippen LogP) is 2.93. The number of rotatable bonds is 2. The zero-order valence-electron chi connectivity index (χ0n) is 9.61. The lowest BCUT2D eigenvalue weighted by atomic mass is 10.0. The van der Waals surface area contributed by atoms with Gasteiger partial charge in [-0.2, -0.15) is 0 Å². The number of hydrogen-bond donors (Lipinski definition) is 0. The van der Waals surface area contributed by atoms with Gasteiger partial charge in [0.2, 0.25) is 0 Å². The number of methoxy groups -OCH3 is 1. The molecular formula is C13H14O3. The zero-order chi connectivity index (χ0) is 11.7. The summed E-state index contributed by atoms with van der Waals surface area (Å²) in [4.78, 5) is 12.1. The van der Waals surface area contributed by atoms with Gasteiger partial charge in [-0.15, -0.1) is 0 Å². The summed E-state index contributed by atoms with van der Waals surface area (Å²) in [5.41, 5.74) is 1.31. The minimum absolute atomic E-state index is 0.0407. The monoisotopic (exact) mass is 218 g/mol. The summed E-state index contributed by atoms with van der Waals surface area (Å²) in [5, 5.41) is 0.604. The molecule has 3 nitrogen and oxygen atoms in total. The number of hydrogen-bond acceptors (Lipinski definition) is 3. The van der Waals surface area contributed by atoms with E-state index in [0.29, 0.717) is 22.3 Å². The molecule has 0 unspecified atom stereocenters. The largest absolute Gasteiger partial charge is 0.497 e. The van der Waals surface area contributed by atoms with E-state index in [1.807, 2.05) is 13.8 Å². The molecule has 0 bridgehead atoms. The fraction of sp³-hybridized carbons (Fsp3) is 0.308. The second kappa shape index (κ2) is 4.00. The van der Waals surface area contributed by atoms with Crippen LogP contribution < -0.4 is 10.2 Å². The molecule has 0 aliphatic heterocycles. The quantitative estimate of drug-likeness (QED) is 0.778. The van der Waals surface area contributed by atoms with Crippen LogP contribution in [-0.4, -0.2) is 7.11 Å². The Labute approximate surface area is 93.7 Å².